The average Bonchev–Trinajstić information content (AvgIpc) is 2.12. The van der Waals surface area contributed by atoms with Crippen LogP contribution in [0.15, 0.2) is 0 Å². The molecule has 0 heterocycles. The molecule has 0 aromatic heterocycles. The van der Waals surface area contributed by atoms with E-state index in [0.717, 1.165) is 12.8 Å². The Bertz CT molecular complexity index is 154. The van der Waals surface area contributed by atoms with Gasteiger partial charge in [-0.2, -0.15) is 0 Å². The van der Waals surface area contributed by atoms with Gasteiger partial charge in [0.1, 0.15) is 0 Å². The van der Waals surface area contributed by atoms with Crippen LogP contribution in [0.1, 0.15) is 60.3 Å². The van der Waals surface area contributed by atoms with Gasteiger partial charge >= 0.3 is 0 Å². The number of rotatable bonds is 5. The van der Waals surface area contributed by atoms with Gasteiger partial charge in [-0.25, -0.2) is 0 Å². The van der Waals surface area contributed by atoms with Crippen LogP contribution in [0.5, 0.6) is 0 Å². The molecule has 0 aromatic rings. The molecule has 0 bridgehead atoms. The van der Waals surface area contributed by atoms with Crippen LogP contribution < -0.4 is 0 Å². The summed E-state index contributed by atoms with van der Waals surface area (Å²) in [4.78, 5) is 0. The first-order valence-corrected chi connectivity index (χ1v) is 5.65. The molecular formula is C12H26O2. The lowest BCUT2D eigenvalue weighted by atomic mass is 9.82. The van der Waals surface area contributed by atoms with Crippen LogP contribution in [0.3, 0.4) is 0 Å². The van der Waals surface area contributed by atoms with E-state index in [4.69, 9.17) is 0 Å². The van der Waals surface area contributed by atoms with Crippen LogP contribution in [0.25, 0.3) is 0 Å². The summed E-state index contributed by atoms with van der Waals surface area (Å²) in [5, 5.41) is 19.9. The highest BCUT2D eigenvalue weighted by Gasteiger charge is 2.27. The van der Waals surface area contributed by atoms with Crippen molar-refractivity contribution in [3.05, 3.63) is 0 Å². The molecule has 14 heavy (non-hydrogen) atoms. The van der Waals surface area contributed by atoms with Crippen molar-refractivity contribution in [1.29, 1.82) is 0 Å². The summed E-state index contributed by atoms with van der Waals surface area (Å²) in [6, 6.07) is 0. The second kappa shape index (κ2) is 5.13. The molecule has 0 saturated carbocycles. The van der Waals surface area contributed by atoms with Gasteiger partial charge in [-0.05, 0) is 31.1 Å². The molecule has 0 radical (unpaired) electrons. The number of aliphatic hydroxyl groups excluding tert-OH is 1. The Kier molecular flexibility index (Phi) is 5.10. The van der Waals surface area contributed by atoms with Gasteiger partial charge in [0.25, 0.3) is 0 Å². The van der Waals surface area contributed by atoms with E-state index in [1.54, 1.807) is 0 Å². The molecule has 0 rings (SSSR count). The Morgan fingerprint density at radius 1 is 1.07 bits per heavy atom. The number of aliphatic hydroxyl groups is 2. The maximum atomic E-state index is 10.0. The van der Waals surface area contributed by atoms with Gasteiger partial charge in [-0.1, -0.05) is 34.6 Å². The van der Waals surface area contributed by atoms with E-state index in [0.29, 0.717) is 12.8 Å². The molecule has 0 aromatic carbocycles. The Labute approximate surface area is 88.3 Å². The van der Waals surface area contributed by atoms with Gasteiger partial charge in [-0.3, -0.25) is 0 Å². The summed E-state index contributed by atoms with van der Waals surface area (Å²) in [6.07, 6.45) is 2.58. The molecule has 0 aliphatic carbocycles. The first-order chi connectivity index (χ1) is 6.25. The van der Waals surface area contributed by atoms with Gasteiger partial charge in [0.05, 0.1) is 11.7 Å². The minimum absolute atomic E-state index is 0.0810. The second-order valence-electron chi connectivity index (χ2n) is 5.35. The van der Waals surface area contributed by atoms with Crippen molar-refractivity contribution in [2.45, 2.75) is 72.0 Å². The van der Waals surface area contributed by atoms with E-state index in [2.05, 4.69) is 0 Å². The Hall–Kier alpha value is -0.0800. The van der Waals surface area contributed by atoms with Crippen LogP contribution in [0.4, 0.5) is 0 Å². The summed E-state index contributed by atoms with van der Waals surface area (Å²) in [6.45, 7) is 10.1. The van der Waals surface area contributed by atoms with Crippen molar-refractivity contribution in [3.8, 4) is 0 Å². The topological polar surface area (TPSA) is 40.5 Å². The van der Waals surface area contributed by atoms with E-state index in [-0.39, 0.29) is 11.5 Å². The van der Waals surface area contributed by atoms with Crippen molar-refractivity contribution in [2.24, 2.45) is 5.41 Å². The molecule has 0 aliphatic rings. The van der Waals surface area contributed by atoms with Crippen molar-refractivity contribution in [3.63, 3.8) is 0 Å². The highest BCUT2D eigenvalue weighted by molar-refractivity contribution is 4.80. The number of hydrogen-bond donors (Lipinski definition) is 2. The monoisotopic (exact) mass is 202 g/mol. The van der Waals surface area contributed by atoms with E-state index in [1.165, 1.54) is 0 Å². The van der Waals surface area contributed by atoms with Crippen molar-refractivity contribution >= 4 is 0 Å². The standard InChI is InChI=1S/C12H26O2/c1-6-12(14,7-2)9-8-10(13)11(3,4)5/h10,13-14H,6-9H2,1-5H3. The highest BCUT2D eigenvalue weighted by atomic mass is 16.3. The maximum absolute atomic E-state index is 10.0. The van der Waals surface area contributed by atoms with Crippen molar-refractivity contribution in [1.82, 2.24) is 0 Å². The van der Waals surface area contributed by atoms with Gasteiger partial charge in [-0.15, -0.1) is 0 Å². The van der Waals surface area contributed by atoms with Gasteiger partial charge in [0.15, 0.2) is 0 Å². The van der Waals surface area contributed by atoms with Crippen LogP contribution in [-0.4, -0.2) is 21.9 Å². The predicted octanol–water partition coefficient (Wildman–Crippen LogP) is 2.72. The quantitative estimate of drug-likeness (QED) is 0.719. The third-order valence-electron chi connectivity index (χ3n) is 3.20. The fourth-order valence-corrected chi connectivity index (χ4v) is 1.44. The first-order valence-electron chi connectivity index (χ1n) is 5.65. The molecule has 0 amide bonds. The molecule has 2 N–H and O–H groups in total. The molecule has 0 aliphatic heterocycles. The third kappa shape index (κ3) is 4.43. The minimum atomic E-state index is -0.577. The maximum Gasteiger partial charge on any atom is 0.0643 e. The zero-order valence-electron chi connectivity index (χ0n) is 10.3. The van der Waals surface area contributed by atoms with Crippen LogP contribution in [0.2, 0.25) is 0 Å². The van der Waals surface area contributed by atoms with Gasteiger partial charge in [0, 0.05) is 0 Å². The van der Waals surface area contributed by atoms with E-state index in [1.807, 2.05) is 34.6 Å². The van der Waals surface area contributed by atoms with E-state index in [9.17, 15) is 10.2 Å². The molecule has 0 fully saturated rings. The smallest absolute Gasteiger partial charge is 0.0643 e. The minimum Gasteiger partial charge on any atom is -0.393 e. The molecule has 86 valence electrons. The number of hydrogen-bond acceptors (Lipinski definition) is 2. The lowest BCUT2D eigenvalue weighted by molar-refractivity contribution is -0.0106. The van der Waals surface area contributed by atoms with Crippen LogP contribution in [-0.2, 0) is 0 Å². The normalized spacial score (nSPS) is 15.6. The van der Waals surface area contributed by atoms with Gasteiger partial charge in [0.2, 0.25) is 0 Å². The SMILES string of the molecule is CCC(O)(CC)CCC(O)C(C)(C)C. The van der Waals surface area contributed by atoms with Crippen LogP contribution >= 0.6 is 0 Å². The molecule has 0 spiro atoms. The predicted molar refractivity (Wildman–Crippen MR) is 60.2 cm³/mol. The van der Waals surface area contributed by atoms with Gasteiger partial charge < -0.3 is 10.2 Å². The third-order valence-corrected chi connectivity index (χ3v) is 3.20. The molecular weight excluding hydrogens is 176 g/mol. The zero-order valence-corrected chi connectivity index (χ0v) is 10.3. The molecule has 2 nitrogen and oxygen atoms in total. The summed E-state index contributed by atoms with van der Waals surface area (Å²) in [7, 11) is 0. The fraction of sp³-hybridized carbons (Fsp3) is 1.00. The summed E-state index contributed by atoms with van der Waals surface area (Å²) in [5.41, 5.74) is -0.658. The van der Waals surface area contributed by atoms with Crippen LogP contribution in [0, 0.1) is 5.41 Å². The van der Waals surface area contributed by atoms with E-state index < -0.39 is 5.60 Å². The lowest BCUT2D eigenvalue weighted by Gasteiger charge is -2.31. The summed E-state index contributed by atoms with van der Waals surface area (Å²) < 4.78 is 0. The largest absolute Gasteiger partial charge is 0.393 e. The molecule has 1 unspecified atom stereocenters. The summed E-state index contributed by atoms with van der Waals surface area (Å²) >= 11 is 0. The average molecular weight is 202 g/mol. The first kappa shape index (κ1) is 13.9. The highest BCUT2D eigenvalue weighted by Crippen LogP contribution is 2.28. The molecule has 0 saturated heterocycles. The lowest BCUT2D eigenvalue weighted by Crippen LogP contribution is -2.32. The second-order valence-corrected chi connectivity index (χ2v) is 5.35. The Balaban J connectivity index is 4.05. The Morgan fingerprint density at radius 2 is 1.50 bits per heavy atom. The van der Waals surface area contributed by atoms with Crippen molar-refractivity contribution in [2.75, 3.05) is 0 Å². The Morgan fingerprint density at radius 3 is 1.79 bits per heavy atom. The fourth-order valence-electron chi connectivity index (χ4n) is 1.44. The van der Waals surface area contributed by atoms with Crippen molar-refractivity contribution < 1.29 is 10.2 Å². The van der Waals surface area contributed by atoms with E-state index >= 15 is 0 Å². The summed E-state index contributed by atoms with van der Waals surface area (Å²) in [5.74, 6) is 0. The zero-order chi connectivity index (χ0) is 11.4. The molecule has 1 atom stereocenters. The molecule has 2 heteroatoms.